The molecule has 0 aromatic carbocycles. The molecule has 1 saturated carbocycles. The number of hydrogen-bond acceptors (Lipinski definition) is 3. The number of nitrogens with one attached hydrogen (secondary N) is 1. The highest BCUT2D eigenvalue weighted by Gasteiger charge is 2.39. The first kappa shape index (κ1) is 15.8. The van der Waals surface area contributed by atoms with Crippen LogP contribution in [0.15, 0.2) is 0 Å². The molecule has 122 valence electrons. The van der Waals surface area contributed by atoms with Crippen molar-refractivity contribution in [2.45, 2.75) is 65.0 Å². The molecule has 3 nitrogen and oxygen atoms in total. The minimum atomic E-state index is 0.559. The Bertz CT molecular complexity index is 321. The SMILES string of the molecule is CCC(C)(C)C1CCC(N2CC(N3CCNCC3)C2)CC1. The summed E-state index contributed by atoms with van der Waals surface area (Å²) in [5.74, 6) is 0.962. The molecule has 0 radical (unpaired) electrons. The van der Waals surface area contributed by atoms with Gasteiger partial charge in [-0.25, -0.2) is 0 Å². The number of hydrogen-bond donors (Lipinski definition) is 1. The minimum Gasteiger partial charge on any atom is -0.314 e. The van der Waals surface area contributed by atoms with Crippen LogP contribution in [-0.4, -0.2) is 61.2 Å². The Kier molecular flexibility index (Phi) is 4.92. The van der Waals surface area contributed by atoms with Crippen molar-refractivity contribution in [1.82, 2.24) is 15.1 Å². The Morgan fingerprint density at radius 1 is 0.905 bits per heavy atom. The quantitative estimate of drug-likeness (QED) is 0.859. The van der Waals surface area contributed by atoms with Crippen molar-refractivity contribution < 1.29 is 0 Å². The van der Waals surface area contributed by atoms with Crippen LogP contribution in [0.5, 0.6) is 0 Å². The minimum absolute atomic E-state index is 0.559. The van der Waals surface area contributed by atoms with Gasteiger partial charge in [0.1, 0.15) is 0 Å². The molecule has 2 aliphatic heterocycles. The molecule has 0 atom stereocenters. The van der Waals surface area contributed by atoms with E-state index in [1.54, 1.807) is 0 Å². The van der Waals surface area contributed by atoms with Crippen LogP contribution in [-0.2, 0) is 0 Å². The highest BCUT2D eigenvalue weighted by atomic mass is 15.3. The van der Waals surface area contributed by atoms with Gasteiger partial charge in [-0.05, 0) is 37.0 Å². The molecule has 21 heavy (non-hydrogen) atoms. The summed E-state index contributed by atoms with van der Waals surface area (Å²) in [5.41, 5.74) is 0.559. The van der Waals surface area contributed by atoms with Crippen molar-refractivity contribution in [3.8, 4) is 0 Å². The zero-order valence-corrected chi connectivity index (χ0v) is 14.4. The van der Waals surface area contributed by atoms with Crippen molar-refractivity contribution in [3.63, 3.8) is 0 Å². The zero-order chi connectivity index (χ0) is 14.9. The molecule has 0 spiro atoms. The highest BCUT2D eigenvalue weighted by Crippen LogP contribution is 2.42. The maximum absolute atomic E-state index is 3.46. The number of likely N-dealkylation sites (tertiary alicyclic amines) is 1. The Morgan fingerprint density at radius 2 is 1.52 bits per heavy atom. The Balaban J connectivity index is 1.40. The fourth-order valence-corrected chi connectivity index (χ4v) is 4.58. The molecule has 3 heteroatoms. The Labute approximate surface area is 131 Å². The van der Waals surface area contributed by atoms with Gasteiger partial charge in [0.05, 0.1) is 0 Å². The molecule has 2 saturated heterocycles. The van der Waals surface area contributed by atoms with Crippen LogP contribution in [0.4, 0.5) is 0 Å². The van der Waals surface area contributed by atoms with E-state index in [9.17, 15) is 0 Å². The molecule has 2 heterocycles. The van der Waals surface area contributed by atoms with E-state index in [4.69, 9.17) is 0 Å². The molecule has 0 aromatic rings. The van der Waals surface area contributed by atoms with E-state index in [1.807, 2.05) is 0 Å². The third kappa shape index (κ3) is 3.46. The number of nitrogens with zero attached hydrogens (tertiary/aromatic N) is 2. The molecular formula is C18H35N3. The second-order valence-electron chi connectivity index (χ2n) is 8.24. The van der Waals surface area contributed by atoms with Crippen LogP contribution < -0.4 is 5.32 Å². The molecule has 3 aliphatic rings. The van der Waals surface area contributed by atoms with Crippen LogP contribution in [0.3, 0.4) is 0 Å². The lowest BCUT2D eigenvalue weighted by Crippen LogP contribution is -2.65. The molecular weight excluding hydrogens is 258 g/mol. The van der Waals surface area contributed by atoms with Gasteiger partial charge < -0.3 is 5.32 Å². The summed E-state index contributed by atoms with van der Waals surface area (Å²) in [4.78, 5) is 5.49. The molecule has 0 aromatic heterocycles. The summed E-state index contributed by atoms with van der Waals surface area (Å²) in [6, 6.07) is 1.75. The molecule has 3 rings (SSSR count). The number of rotatable bonds is 4. The van der Waals surface area contributed by atoms with Crippen molar-refractivity contribution in [1.29, 1.82) is 0 Å². The third-order valence-electron chi connectivity index (χ3n) is 6.79. The second kappa shape index (κ2) is 6.55. The van der Waals surface area contributed by atoms with Gasteiger partial charge in [-0.15, -0.1) is 0 Å². The predicted octanol–water partition coefficient (Wildman–Crippen LogP) is 2.57. The van der Waals surface area contributed by atoms with Crippen molar-refractivity contribution in [2.75, 3.05) is 39.3 Å². The molecule has 0 unspecified atom stereocenters. The van der Waals surface area contributed by atoms with E-state index in [0.29, 0.717) is 5.41 Å². The monoisotopic (exact) mass is 293 g/mol. The van der Waals surface area contributed by atoms with E-state index >= 15 is 0 Å². The first-order valence-corrected chi connectivity index (χ1v) is 9.29. The van der Waals surface area contributed by atoms with E-state index in [2.05, 4.69) is 35.9 Å². The van der Waals surface area contributed by atoms with Crippen molar-refractivity contribution in [2.24, 2.45) is 11.3 Å². The first-order valence-electron chi connectivity index (χ1n) is 9.29. The Morgan fingerprint density at radius 3 is 2.10 bits per heavy atom. The molecule has 0 amide bonds. The van der Waals surface area contributed by atoms with Gasteiger partial charge in [-0.3, -0.25) is 9.80 Å². The van der Waals surface area contributed by atoms with Crippen molar-refractivity contribution >= 4 is 0 Å². The second-order valence-corrected chi connectivity index (χ2v) is 8.24. The first-order chi connectivity index (χ1) is 10.1. The summed E-state index contributed by atoms with van der Waals surface area (Å²) in [6.07, 6.45) is 7.14. The van der Waals surface area contributed by atoms with E-state index < -0.39 is 0 Å². The fourth-order valence-electron chi connectivity index (χ4n) is 4.58. The van der Waals surface area contributed by atoms with Crippen LogP contribution in [0.25, 0.3) is 0 Å². The Hall–Kier alpha value is -0.120. The lowest BCUT2D eigenvalue weighted by Gasteiger charge is -2.52. The van der Waals surface area contributed by atoms with Gasteiger partial charge in [-0.2, -0.15) is 0 Å². The van der Waals surface area contributed by atoms with E-state index in [0.717, 1.165) is 18.0 Å². The molecule has 1 aliphatic carbocycles. The van der Waals surface area contributed by atoms with E-state index in [1.165, 1.54) is 71.4 Å². The highest BCUT2D eigenvalue weighted by molar-refractivity contribution is 4.95. The lowest BCUT2D eigenvalue weighted by atomic mass is 9.68. The standard InChI is InChI=1S/C18H35N3/c1-4-18(2,3)15-5-7-16(8-6-15)21-13-17(14-21)20-11-9-19-10-12-20/h15-17,19H,4-14H2,1-3H3. The summed E-state index contributed by atoms with van der Waals surface area (Å²) in [6.45, 7) is 14.9. The topological polar surface area (TPSA) is 18.5 Å². The van der Waals surface area contributed by atoms with Gasteiger partial charge >= 0.3 is 0 Å². The summed E-state index contributed by atoms with van der Waals surface area (Å²) in [7, 11) is 0. The fraction of sp³-hybridized carbons (Fsp3) is 1.00. The van der Waals surface area contributed by atoms with Gasteiger partial charge in [0.15, 0.2) is 0 Å². The largest absolute Gasteiger partial charge is 0.314 e. The maximum Gasteiger partial charge on any atom is 0.0351 e. The average molecular weight is 293 g/mol. The summed E-state index contributed by atoms with van der Waals surface area (Å²) < 4.78 is 0. The van der Waals surface area contributed by atoms with Gasteiger partial charge in [-0.1, -0.05) is 27.2 Å². The van der Waals surface area contributed by atoms with Crippen LogP contribution in [0, 0.1) is 11.3 Å². The molecule has 1 N–H and O–H groups in total. The van der Waals surface area contributed by atoms with E-state index in [-0.39, 0.29) is 0 Å². The molecule has 0 bridgehead atoms. The zero-order valence-electron chi connectivity index (χ0n) is 14.4. The van der Waals surface area contributed by atoms with Gasteiger partial charge in [0.2, 0.25) is 0 Å². The van der Waals surface area contributed by atoms with Gasteiger partial charge in [0, 0.05) is 51.4 Å². The smallest absolute Gasteiger partial charge is 0.0351 e. The third-order valence-corrected chi connectivity index (χ3v) is 6.79. The normalized spacial score (nSPS) is 33.9. The summed E-state index contributed by atoms with van der Waals surface area (Å²) >= 11 is 0. The van der Waals surface area contributed by atoms with Crippen LogP contribution in [0.1, 0.15) is 52.9 Å². The molecule has 3 fully saturated rings. The maximum atomic E-state index is 3.46. The van der Waals surface area contributed by atoms with Crippen molar-refractivity contribution in [3.05, 3.63) is 0 Å². The summed E-state index contributed by atoms with van der Waals surface area (Å²) in [5, 5.41) is 3.46. The van der Waals surface area contributed by atoms with Gasteiger partial charge in [0.25, 0.3) is 0 Å². The van der Waals surface area contributed by atoms with Crippen LogP contribution >= 0.6 is 0 Å². The number of piperazine rings is 1. The average Bonchev–Trinajstić information content (AvgIpc) is 2.47. The lowest BCUT2D eigenvalue weighted by molar-refractivity contribution is -0.0209. The van der Waals surface area contributed by atoms with Crippen LogP contribution in [0.2, 0.25) is 0 Å². The predicted molar refractivity (Wildman–Crippen MR) is 89.6 cm³/mol.